The minimum atomic E-state index is 1.11. The molecule has 0 aliphatic heterocycles. The molecule has 0 N–H and O–H groups in total. The molecule has 0 aliphatic carbocycles. The van der Waals surface area contributed by atoms with Gasteiger partial charge in [0.15, 0.2) is 0 Å². The first-order chi connectivity index (χ1) is 26.8. The number of nitrogens with zero attached hydrogens (tertiary/aromatic N) is 1. The number of hydrogen-bond acceptors (Lipinski definition) is 2. The summed E-state index contributed by atoms with van der Waals surface area (Å²) in [5, 5.41) is 5.07. The van der Waals surface area contributed by atoms with Gasteiger partial charge < -0.3 is 4.90 Å². The molecule has 0 amide bonds. The molecule has 0 aliphatic rings. The summed E-state index contributed by atoms with van der Waals surface area (Å²) in [6.07, 6.45) is 0. The molecule has 1 heterocycles. The van der Waals surface area contributed by atoms with E-state index in [0.717, 1.165) is 17.1 Å². The van der Waals surface area contributed by atoms with Gasteiger partial charge in [0.25, 0.3) is 0 Å². The lowest BCUT2D eigenvalue weighted by atomic mass is 9.96. The smallest absolute Gasteiger partial charge is 0.0547 e. The van der Waals surface area contributed by atoms with E-state index in [-0.39, 0.29) is 0 Å². The summed E-state index contributed by atoms with van der Waals surface area (Å²) in [6.45, 7) is 0. The maximum absolute atomic E-state index is 2.48. The van der Waals surface area contributed by atoms with Gasteiger partial charge in [0.2, 0.25) is 0 Å². The standard InChI is InChI=1S/C52H35NS/c1-4-15-36(16-5-1)38-27-29-41(30-28-38)43-21-12-13-25-48(43)53(42-33-31-39(32-34-42)37-17-6-2-7-18-37)49-35-47-51-44(40-19-8-3-9-20-40)24-14-26-50(51)54-52(47)46-23-11-10-22-45(46)49/h1-35H. The number of hydrogen-bond donors (Lipinski definition) is 0. The second-order valence-electron chi connectivity index (χ2n) is 13.7. The highest BCUT2D eigenvalue weighted by Gasteiger charge is 2.23. The largest absolute Gasteiger partial charge is 0.309 e. The number of anilines is 3. The molecule has 0 fully saturated rings. The van der Waals surface area contributed by atoms with Crippen LogP contribution in [0.5, 0.6) is 0 Å². The molecule has 10 aromatic rings. The van der Waals surface area contributed by atoms with Crippen molar-refractivity contribution in [2.45, 2.75) is 0 Å². The van der Waals surface area contributed by atoms with Gasteiger partial charge in [-0.25, -0.2) is 0 Å². The van der Waals surface area contributed by atoms with Gasteiger partial charge in [0.1, 0.15) is 0 Å². The molecule has 0 saturated heterocycles. The lowest BCUT2D eigenvalue weighted by Crippen LogP contribution is -2.12. The van der Waals surface area contributed by atoms with Crippen molar-refractivity contribution in [2.24, 2.45) is 0 Å². The first-order valence-corrected chi connectivity index (χ1v) is 19.2. The van der Waals surface area contributed by atoms with Crippen LogP contribution in [0.1, 0.15) is 0 Å². The molecule has 0 bridgehead atoms. The van der Waals surface area contributed by atoms with Crippen LogP contribution in [0.4, 0.5) is 17.1 Å². The SMILES string of the molecule is c1ccc(-c2ccc(-c3ccccc3N(c3ccc(-c4ccccc4)cc3)c3cc4c(sc5cccc(-c6ccccc6)c54)c4ccccc34)cc2)cc1. The third kappa shape index (κ3) is 5.65. The molecule has 254 valence electrons. The summed E-state index contributed by atoms with van der Waals surface area (Å²) in [5.41, 5.74) is 13.1. The second kappa shape index (κ2) is 13.7. The van der Waals surface area contributed by atoms with E-state index in [1.165, 1.54) is 75.5 Å². The molecule has 54 heavy (non-hydrogen) atoms. The lowest BCUT2D eigenvalue weighted by molar-refractivity contribution is 1.30. The molecule has 0 atom stereocenters. The van der Waals surface area contributed by atoms with Gasteiger partial charge in [0.05, 0.1) is 11.4 Å². The van der Waals surface area contributed by atoms with E-state index >= 15 is 0 Å². The molecular formula is C52H35NS. The van der Waals surface area contributed by atoms with E-state index in [2.05, 4.69) is 217 Å². The van der Waals surface area contributed by atoms with E-state index in [4.69, 9.17) is 0 Å². The maximum Gasteiger partial charge on any atom is 0.0547 e. The van der Waals surface area contributed by atoms with Crippen molar-refractivity contribution in [1.82, 2.24) is 0 Å². The first-order valence-electron chi connectivity index (χ1n) is 18.4. The Labute approximate surface area is 319 Å². The van der Waals surface area contributed by atoms with Gasteiger partial charge >= 0.3 is 0 Å². The van der Waals surface area contributed by atoms with E-state index in [9.17, 15) is 0 Å². The van der Waals surface area contributed by atoms with Crippen molar-refractivity contribution in [2.75, 3.05) is 4.90 Å². The minimum absolute atomic E-state index is 1.11. The van der Waals surface area contributed by atoms with Crippen LogP contribution in [-0.2, 0) is 0 Å². The fourth-order valence-corrected chi connectivity index (χ4v) is 9.15. The molecule has 10 rings (SSSR count). The van der Waals surface area contributed by atoms with Gasteiger partial charge in [-0.3, -0.25) is 0 Å². The molecule has 9 aromatic carbocycles. The van der Waals surface area contributed by atoms with Crippen molar-refractivity contribution >= 4 is 59.3 Å². The molecule has 0 unspecified atom stereocenters. The number of thiophene rings is 1. The molecule has 1 nitrogen and oxygen atoms in total. The van der Waals surface area contributed by atoms with Gasteiger partial charge in [0, 0.05) is 42.2 Å². The van der Waals surface area contributed by atoms with E-state index in [1.54, 1.807) is 0 Å². The van der Waals surface area contributed by atoms with Crippen molar-refractivity contribution in [3.05, 3.63) is 212 Å². The third-order valence-corrected chi connectivity index (χ3v) is 11.7. The zero-order valence-corrected chi connectivity index (χ0v) is 30.4. The Balaban J connectivity index is 1.23. The van der Waals surface area contributed by atoms with Gasteiger partial charge in [-0.1, -0.05) is 182 Å². The topological polar surface area (TPSA) is 3.24 Å². The fraction of sp³-hybridized carbons (Fsp3) is 0. The summed E-state index contributed by atoms with van der Waals surface area (Å²) in [7, 11) is 0. The van der Waals surface area contributed by atoms with Crippen LogP contribution >= 0.6 is 11.3 Å². The van der Waals surface area contributed by atoms with Gasteiger partial charge in [-0.15, -0.1) is 11.3 Å². The second-order valence-corrected chi connectivity index (χ2v) is 14.7. The average molecular weight is 706 g/mol. The van der Waals surface area contributed by atoms with E-state index in [1.807, 2.05) is 11.3 Å². The van der Waals surface area contributed by atoms with Gasteiger partial charge in [-0.05, 0) is 69.3 Å². The molecule has 0 radical (unpaired) electrons. The number of benzene rings is 9. The monoisotopic (exact) mass is 705 g/mol. The number of fused-ring (bicyclic) bond motifs is 5. The number of rotatable bonds is 7. The summed E-state index contributed by atoms with van der Waals surface area (Å²) in [4.78, 5) is 2.48. The van der Waals surface area contributed by atoms with Crippen molar-refractivity contribution < 1.29 is 0 Å². The van der Waals surface area contributed by atoms with Crippen LogP contribution in [0.25, 0.3) is 75.5 Å². The van der Waals surface area contributed by atoms with Crippen molar-refractivity contribution in [3.63, 3.8) is 0 Å². The highest BCUT2D eigenvalue weighted by atomic mass is 32.1. The third-order valence-electron chi connectivity index (χ3n) is 10.5. The normalized spacial score (nSPS) is 11.3. The zero-order valence-electron chi connectivity index (χ0n) is 29.6. The lowest BCUT2D eigenvalue weighted by Gasteiger charge is -2.29. The highest BCUT2D eigenvalue weighted by Crippen LogP contribution is 2.50. The predicted molar refractivity (Wildman–Crippen MR) is 233 cm³/mol. The Kier molecular flexibility index (Phi) is 8.09. The van der Waals surface area contributed by atoms with Crippen molar-refractivity contribution in [3.8, 4) is 44.5 Å². The fourth-order valence-electron chi connectivity index (χ4n) is 7.90. The average Bonchev–Trinajstić information content (AvgIpc) is 3.64. The molecular weight excluding hydrogens is 671 g/mol. The van der Waals surface area contributed by atoms with E-state index < -0.39 is 0 Å². The van der Waals surface area contributed by atoms with Gasteiger partial charge in [-0.2, -0.15) is 0 Å². The van der Waals surface area contributed by atoms with Crippen LogP contribution < -0.4 is 4.90 Å². The van der Waals surface area contributed by atoms with Crippen LogP contribution in [0.15, 0.2) is 212 Å². The molecule has 2 heteroatoms. The highest BCUT2D eigenvalue weighted by molar-refractivity contribution is 7.26. The summed E-state index contributed by atoms with van der Waals surface area (Å²) >= 11 is 1.89. The quantitative estimate of drug-likeness (QED) is 0.160. The van der Waals surface area contributed by atoms with Crippen LogP contribution in [0, 0.1) is 0 Å². The van der Waals surface area contributed by atoms with E-state index in [0.29, 0.717) is 0 Å². The molecule has 1 aromatic heterocycles. The first kappa shape index (κ1) is 32.0. The molecule has 0 saturated carbocycles. The van der Waals surface area contributed by atoms with Crippen LogP contribution in [0.3, 0.4) is 0 Å². The summed E-state index contributed by atoms with van der Waals surface area (Å²) < 4.78 is 2.61. The Morgan fingerprint density at radius 3 is 1.46 bits per heavy atom. The Morgan fingerprint density at radius 1 is 0.315 bits per heavy atom. The summed E-state index contributed by atoms with van der Waals surface area (Å²) in [5.74, 6) is 0. The zero-order chi connectivity index (χ0) is 35.8. The Morgan fingerprint density at radius 2 is 0.796 bits per heavy atom. The Bertz CT molecular complexity index is 2890. The molecule has 0 spiro atoms. The Hall–Kier alpha value is -6.74. The minimum Gasteiger partial charge on any atom is -0.309 e. The van der Waals surface area contributed by atoms with Crippen LogP contribution in [0.2, 0.25) is 0 Å². The maximum atomic E-state index is 2.48. The van der Waals surface area contributed by atoms with Crippen molar-refractivity contribution in [1.29, 1.82) is 0 Å². The number of para-hydroxylation sites is 1. The predicted octanol–water partition coefficient (Wildman–Crippen LogP) is 15.3. The summed E-state index contributed by atoms with van der Waals surface area (Å²) in [6, 6.07) is 77.1. The van der Waals surface area contributed by atoms with Crippen LogP contribution in [-0.4, -0.2) is 0 Å².